The zero-order valence-corrected chi connectivity index (χ0v) is 14.9. The van der Waals surface area contributed by atoms with E-state index in [0.717, 1.165) is 18.1 Å². The summed E-state index contributed by atoms with van der Waals surface area (Å²) in [5.41, 5.74) is 1.69. The Labute approximate surface area is 156 Å². The highest BCUT2D eigenvalue weighted by Gasteiger charge is 2.10. The second-order valence-corrected chi connectivity index (χ2v) is 5.85. The Morgan fingerprint density at radius 3 is 2.56 bits per heavy atom. The van der Waals surface area contributed by atoms with Gasteiger partial charge in [-0.2, -0.15) is 4.98 Å². The number of halogens is 2. The quantitative estimate of drug-likeness (QED) is 0.567. The maximum atomic E-state index is 14.0. The fourth-order valence-electron chi connectivity index (χ4n) is 2.49. The third kappa shape index (κ3) is 5.21. The number of aromatic nitrogens is 2. The van der Waals surface area contributed by atoms with E-state index in [-0.39, 0.29) is 11.6 Å². The van der Waals surface area contributed by atoms with Crippen LogP contribution in [-0.4, -0.2) is 30.2 Å². The second-order valence-electron chi connectivity index (χ2n) is 5.85. The number of hydrogen-bond donors (Lipinski definition) is 2. The molecule has 5 nitrogen and oxygen atoms in total. The van der Waals surface area contributed by atoms with Gasteiger partial charge in [0, 0.05) is 38.0 Å². The van der Waals surface area contributed by atoms with E-state index in [1.165, 1.54) is 12.1 Å². The van der Waals surface area contributed by atoms with Gasteiger partial charge in [-0.05, 0) is 18.6 Å². The van der Waals surface area contributed by atoms with Gasteiger partial charge in [0.1, 0.15) is 17.5 Å². The van der Waals surface area contributed by atoms with Crippen molar-refractivity contribution in [3.8, 4) is 11.3 Å². The lowest BCUT2D eigenvalue weighted by atomic mass is 10.1. The summed E-state index contributed by atoms with van der Waals surface area (Å²) >= 11 is 0. The average molecular weight is 370 g/mol. The van der Waals surface area contributed by atoms with E-state index in [2.05, 4.69) is 20.6 Å². The monoisotopic (exact) mass is 370 g/mol. The zero-order valence-electron chi connectivity index (χ0n) is 14.9. The number of anilines is 3. The van der Waals surface area contributed by atoms with Crippen molar-refractivity contribution >= 4 is 17.5 Å². The Kier molecular flexibility index (Phi) is 6.27. The number of rotatable bonds is 8. The summed E-state index contributed by atoms with van der Waals surface area (Å²) in [7, 11) is 1.65. The van der Waals surface area contributed by atoms with E-state index in [9.17, 15) is 8.78 Å². The molecular formula is C20H20F2N4O. The summed E-state index contributed by atoms with van der Waals surface area (Å²) in [6.45, 7) is 1.30. The second kappa shape index (κ2) is 9.05. The lowest BCUT2D eigenvalue weighted by molar-refractivity contribution is 0.198. The molecule has 0 bridgehead atoms. The normalized spacial score (nSPS) is 10.6. The van der Waals surface area contributed by atoms with Crippen LogP contribution < -0.4 is 10.6 Å². The first-order valence-corrected chi connectivity index (χ1v) is 8.55. The van der Waals surface area contributed by atoms with Crippen molar-refractivity contribution in [1.29, 1.82) is 0 Å². The fourth-order valence-corrected chi connectivity index (χ4v) is 2.49. The molecule has 0 saturated heterocycles. The molecule has 0 atom stereocenters. The summed E-state index contributed by atoms with van der Waals surface area (Å²) < 4.78 is 32.1. The van der Waals surface area contributed by atoms with Gasteiger partial charge in [-0.15, -0.1) is 0 Å². The number of nitrogens with zero attached hydrogens (tertiary/aromatic N) is 2. The molecule has 0 spiro atoms. The molecule has 0 unspecified atom stereocenters. The maximum Gasteiger partial charge on any atom is 0.229 e. The lowest BCUT2D eigenvalue weighted by Gasteiger charge is -2.12. The standard InChI is InChI=1S/C20H20F2N4O/c1-27-11-5-10-23-19-13-18(14-6-3-2-4-7-14)25-20(26-19)24-17-9-8-15(21)12-16(17)22/h2-4,6-9,12-13H,5,10-11H2,1H3,(H2,23,24,25,26). The van der Waals surface area contributed by atoms with Gasteiger partial charge in [0.05, 0.1) is 11.4 Å². The third-order valence-electron chi connectivity index (χ3n) is 3.80. The average Bonchev–Trinajstić information content (AvgIpc) is 2.68. The first-order valence-electron chi connectivity index (χ1n) is 8.55. The van der Waals surface area contributed by atoms with Crippen LogP contribution in [0.1, 0.15) is 6.42 Å². The Morgan fingerprint density at radius 2 is 1.81 bits per heavy atom. The van der Waals surface area contributed by atoms with Crippen molar-refractivity contribution in [2.75, 3.05) is 30.9 Å². The molecule has 2 N–H and O–H groups in total. The third-order valence-corrected chi connectivity index (χ3v) is 3.80. The Hall–Kier alpha value is -3.06. The summed E-state index contributed by atoms with van der Waals surface area (Å²) in [6, 6.07) is 14.7. The molecule has 3 rings (SSSR count). The van der Waals surface area contributed by atoms with Gasteiger partial charge in [0.15, 0.2) is 0 Å². The molecule has 3 aromatic rings. The summed E-state index contributed by atoms with van der Waals surface area (Å²) in [4.78, 5) is 8.84. The van der Waals surface area contributed by atoms with E-state index in [0.29, 0.717) is 24.7 Å². The number of hydrogen-bond acceptors (Lipinski definition) is 5. The van der Waals surface area contributed by atoms with Crippen molar-refractivity contribution in [2.45, 2.75) is 6.42 Å². The minimum atomic E-state index is -0.710. The maximum absolute atomic E-state index is 14.0. The predicted octanol–water partition coefficient (Wildman–Crippen LogP) is 4.61. The van der Waals surface area contributed by atoms with Gasteiger partial charge in [-0.3, -0.25) is 0 Å². The van der Waals surface area contributed by atoms with Crippen LogP contribution in [0.4, 0.5) is 26.2 Å². The van der Waals surface area contributed by atoms with Gasteiger partial charge in [-0.1, -0.05) is 30.3 Å². The van der Waals surface area contributed by atoms with Crippen molar-refractivity contribution in [3.63, 3.8) is 0 Å². The molecule has 0 aliphatic heterocycles. The van der Waals surface area contributed by atoms with Crippen LogP contribution in [0.5, 0.6) is 0 Å². The largest absolute Gasteiger partial charge is 0.385 e. The van der Waals surface area contributed by atoms with Gasteiger partial charge in [0.25, 0.3) is 0 Å². The van der Waals surface area contributed by atoms with Gasteiger partial charge in [-0.25, -0.2) is 13.8 Å². The Bertz CT molecular complexity index is 890. The fraction of sp³-hybridized carbons (Fsp3) is 0.200. The number of methoxy groups -OCH3 is 1. The van der Waals surface area contributed by atoms with E-state index >= 15 is 0 Å². The zero-order chi connectivity index (χ0) is 19.1. The molecule has 0 amide bonds. The molecule has 0 radical (unpaired) electrons. The Morgan fingerprint density at radius 1 is 1.00 bits per heavy atom. The van der Waals surface area contributed by atoms with Gasteiger partial charge >= 0.3 is 0 Å². The SMILES string of the molecule is COCCCNc1cc(-c2ccccc2)nc(Nc2ccc(F)cc2F)n1. The minimum absolute atomic E-state index is 0.104. The van der Waals surface area contributed by atoms with Gasteiger partial charge in [0.2, 0.25) is 5.95 Å². The van der Waals surface area contributed by atoms with Crippen LogP contribution in [0.25, 0.3) is 11.3 Å². The van der Waals surface area contributed by atoms with Crippen LogP contribution >= 0.6 is 0 Å². The highest BCUT2D eigenvalue weighted by atomic mass is 19.1. The van der Waals surface area contributed by atoms with Crippen LogP contribution in [0.3, 0.4) is 0 Å². The highest BCUT2D eigenvalue weighted by Crippen LogP contribution is 2.24. The number of benzene rings is 2. The van der Waals surface area contributed by atoms with Crippen molar-refractivity contribution in [2.24, 2.45) is 0 Å². The minimum Gasteiger partial charge on any atom is -0.385 e. The molecule has 0 saturated carbocycles. The van der Waals surface area contributed by atoms with E-state index in [4.69, 9.17) is 4.74 Å². The molecule has 0 aliphatic carbocycles. The molecule has 7 heteroatoms. The summed E-state index contributed by atoms with van der Waals surface area (Å²) in [6.07, 6.45) is 0.816. The van der Waals surface area contributed by atoms with E-state index in [1.54, 1.807) is 7.11 Å². The molecular weight excluding hydrogens is 350 g/mol. The van der Waals surface area contributed by atoms with Crippen molar-refractivity contribution < 1.29 is 13.5 Å². The van der Waals surface area contributed by atoms with Crippen LogP contribution in [0, 0.1) is 11.6 Å². The summed E-state index contributed by atoms with van der Waals surface area (Å²) in [5, 5.41) is 6.04. The molecule has 1 heterocycles. The van der Waals surface area contributed by atoms with Crippen molar-refractivity contribution in [3.05, 3.63) is 66.2 Å². The molecule has 140 valence electrons. The summed E-state index contributed by atoms with van der Waals surface area (Å²) in [5.74, 6) is -0.531. The van der Waals surface area contributed by atoms with Crippen LogP contribution in [0.15, 0.2) is 54.6 Å². The number of nitrogens with one attached hydrogen (secondary N) is 2. The number of ether oxygens (including phenoxy) is 1. The van der Waals surface area contributed by atoms with Gasteiger partial charge < -0.3 is 15.4 Å². The van der Waals surface area contributed by atoms with E-state index < -0.39 is 11.6 Å². The highest BCUT2D eigenvalue weighted by molar-refractivity contribution is 5.66. The molecule has 2 aromatic carbocycles. The predicted molar refractivity (Wildman–Crippen MR) is 102 cm³/mol. The van der Waals surface area contributed by atoms with Crippen molar-refractivity contribution in [1.82, 2.24) is 9.97 Å². The van der Waals surface area contributed by atoms with Crippen LogP contribution in [0.2, 0.25) is 0 Å². The van der Waals surface area contributed by atoms with Crippen LogP contribution in [-0.2, 0) is 4.74 Å². The first-order chi connectivity index (χ1) is 13.2. The Balaban J connectivity index is 1.89. The van der Waals surface area contributed by atoms with E-state index in [1.807, 2.05) is 36.4 Å². The smallest absolute Gasteiger partial charge is 0.229 e. The molecule has 0 fully saturated rings. The molecule has 0 aliphatic rings. The topological polar surface area (TPSA) is 59.1 Å². The lowest BCUT2D eigenvalue weighted by Crippen LogP contribution is -2.08. The molecule has 1 aromatic heterocycles. The molecule has 27 heavy (non-hydrogen) atoms. The first kappa shape index (κ1) is 18.7.